The Labute approximate surface area is 260 Å². The third-order valence-electron chi connectivity index (χ3n) is 7.16. The molecule has 1 aliphatic carbocycles. The van der Waals surface area contributed by atoms with Crippen LogP contribution in [-0.2, 0) is 33.3 Å². The van der Waals surface area contributed by atoms with Crippen LogP contribution in [0.15, 0.2) is 76.8 Å². The third-order valence-corrected chi connectivity index (χ3v) is 10.3. The maximum atomic E-state index is 15.7. The summed E-state index contributed by atoms with van der Waals surface area (Å²) in [5, 5.41) is 6.72. The van der Waals surface area contributed by atoms with E-state index in [2.05, 4.69) is 20.6 Å². The zero-order valence-corrected chi connectivity index (χ0v) is 26.1. The largest absolute Gasteiger partial charge is 0.364 e. The number of ether oxygens (including phenoxy) is 1. The summed E-state index contributed by atoms with van der Waals surface area (Å²) in [5.41, 5.74) is 9.17. The van der Waals surface area contributed by atoms with Crippen molar-refractivity contribution >= 4 is 44.8 Å². The van der Waals surface area contributed by atoms with Gasteiger partial charge < -0.3 is 15.4 Å². The van der Waals surface area contributed by atoms with Crippen LogP contribution in [0, 0.1) is 0 Å². The second-order valence-corrected chi connectivity index (χ2v) is 14.2. The molecule has 3 atom stereocenters. The first-order valence-corrected chi connectivity index (χ1v) is 17.1. The van der Waals surface area contributed by atoms with Gasteiger partial charge in [-0.1, -0.05) is 61.0 Å². The average Bonchev–Trinajstić information content (AvgIpc) is 3.45. The van der Waals surface area contributed by atoms with Crippen LogP contribution in [0.2, 0.25) is 0 Å². The standard InChI is InChI=1S/C30H34ClFN6O3S2/c1-2-14-43(39,40)15-13-34-12-10-27-38-26(19-42-27)24-16-23-25(17-35-24)36-20-37-30(23,33)22-9-6-11-29(31,32)28(22)41-18-21-7-4-3-5-8-21/h3-9,11,16-17,19-20,28,34H,2,10,12-15,18,33H2,1H3,(H,36,37). The molecule has 228 valence electrons. The highest BCUT2D eigenvalue weighted by Crippen LogP contribution is 2.45. The van der Waals surface area contributed by atoms with Crippen molar-refractivity contribution in [3.63, 3.8) is 0 Å². The van der Waals surface area contributed by atoms with Gasteiger partial charge >= 0.3 is 0 Å². The number of thiazole rings is 1. The molecular formula is C30H34ClFN6O3S2. The molecule has 3 aromatic rings. The van der Waals surface area contributed by atoms with E-state index < -0.39 is 26.7 Å². The molecule has 5 rings (SSSR count). The molecule has 0 saturated heterocycles. The van der Waals surface area contributed by atoms with Gasteiger partial charge in [0.1, 0.15) is 6.10 Å². The number of pyridine rings is 1. The highest BCUT2D eigenvalue weighted by molar-refractivity contribution is 7.91. The third kappa shape index (κ3) is 7.39. The number of halogens is 2. The Morgan fingerprint density at radius 2 is 2.02 bits per heavy atom. The van der Waals surface area contributed by atoms with E-state index in [0.717, 1.165) is 10.6 Å². The van der Waals surface area contributed by atoms with E-state index in [1.807, 2.05) is 42.6 Å². The second-order valence-electron chi connectivity index (χ2n) is 10.4. The fourth-order valence-corrected chi connectivity index (χ4v) is 7.30. The smallest absolute Gasteiger partial charge is 0.232 e. The van der Waals surface area contributed by atoms with E-state index >= 15 is 4.39 Å². The maximum Gasteiger partial charge on any atom is 0.232 e. The molecule has 1 aromatic carbocycles. The maximum absolute atomic E-state index is 15.7. The molecule has 0 radical (unpaired) electrons. The summed E-state index contributed by atoms with van der Waals surface area (Å²) in [6.45, 7) is 3.00. The van der Waals surface area contributed by atoms with Crippen molar-refractivity contribution in [3.05, 3.63) is 87.9 Å². The van der Waals surface area contributed by atoms with Crippen LogP contribution in [0.4, 0.5) is 10.1 Å². The lowest BCUT2D eigenvalue weighted by Crippen LogP contribution is -2.49. The van der Waals surface area contributed by atoms with Gasteiger partial charge in [-0.2, -0.15) is 0 Å². The van der Waals surface area contributed by atoms with Gasteiger partial charge in [-0.15, -0.1) is 11.3 Å². The first kappa shape index (κ1) is 31.4. The van der Waals surface area contributed by atoms with Crippen LogP contribution in [-0.4, -0.2) is 60.6 Å². The molecule has 3 heterocycles. The first-order valence-electron chi connectivity index (χ1n) is 14.0. The fraction of sp³-hybridized carbons (Fsp3) is 0.367. The average molecular weight is 645 g/mol. The number of allylic oxidation sites excluding steroid dienone is 2. The second kappa shape index (κ2) is 13.3. The molecular weight excluding hydrogens is 611 g/mol. The van der Waals surface area contributed by atoms with Crippen molar-refractivity contribution in [2.45, 2.75) is 43.3 Å². The zero-order chi connectivity index (χ0) is 30.5. The van der Waals surface area contributed by atoms with Gasteiger partial charge in [0, 0.05) is 41.8 Å². The first-order chi connectivity index (χ1) is 20.6. The normalized spacial score (nSPS) is 23.1. The summed E-state index contributed by atoms with van der Waals surface area (Å²) in [4.78, 5) is 13.9. The number of benzene rings is 1. The van der Waals surface area contributed by atoms with Gasteiger partial charge in [0.25, 0.3) is 0 Å². The van der Waals surface area contributed by atoms with Crippen molar-refractivity contribution in [2.24, 2.45) is 10.7 Å². The van der Waals surface area contributed by atoms with Crippen LogP contribution in [0.1, 0.15) is 29.5 Å². The molecule has 0 fully saturated rings. The molecule has 0 bridgehead atoms. The van der Waals surface area contributed by atoms with Crippen molar-refractivity contribution in [1.82, 2.24) is 15.3 Å². The molecule has 1 aliphatic heterocycles. The van der Waals surface area contributed by atoms with E-state index in [1.54, 1.807) is 18.3 Å². The Morgan fingerprint density at radius 3 is 2.81 bits per heavy atom. The predicted molar refractivity (Wildman–Crippen MR) is 171 cm³/mol. The number of anilines is 1. The van der Waals surface area contributed by atoms with E-state index in [1.165, 1.54) is 29.8 Å². The lowest BCUT2D eigenvalue weighted by Gasteiger charge is -2.40. The number of aliphatic imine (C=N–C) groups is 1. The predicted octanol–water partition coefficient (Wildman–Crippen LogP) is 4.71. The SMILES string of the molecule is CCCS(=O)(=O)CCNCCc1nc(-c2cc3c(cn2)NC=NC3(N)C2=CC=CC(F)(Cl)C2OCc2ccccc2)cs1. The number of fused-ring (bicyclic) bond motifs is 1. The van der Waals surface area contributed by atoms with Crippen molar-refractivity contribution in [1.29, 1.82) is 0 Å². The monoisotopic (exact) mass is 644 g/mol. The van der Waals surface area contributed by atoms with Gasteiger partial charge in [-0.3, -0.25) is 10.7 Å². The summed E-state index contributed by atoms with van der Waals surface area (Å²) >= 11 is 7.83. The molecule has 4 N–H and O–H groups in total. The minimum absolute atomic E-state index is 0.123. The Morgan fingerprint density at radius 1 is 1.21 bits per heavy atom. The fourth-order valence-electron chi connectivity index (χ4n) is 4.98. The van der Waals surface area contributed by atoms with Gasteiger partial charge in [-0.25, -0.2) is 22.8 Å². The number of hydrogen-bond acceptors (Lipinski definition) is 10. The van der Waals surface area contributed by atoms with E-state index in [4.69, 9.17) is 27.1 Å². The summed E-state index contributed by atoms with van der Waals surface area (Å²) in [6, 6.07) is 11.2. The van der Waals surface area contributed by atoms with Crippen LogP contribution in [0.5, 0.6) is 0 Å². The van der Waals surface area contributed by atoms with Gasteiger partial charge in [0.15, 0.2) is 15.5 Å². The van der Waals surface area contributed by atoms with Gasteiger partial charge in [-0.05, 0) is 24.1 Å². The number of rotatable bonds is 13. The van der Waals surface area contributed by atoms with Gasteiger partial charge in [0.05, 0.1) is 47.0 Å². The molecule has 0 amide bonds. The highest BCUT2D eigenvalue weighted by Gasteiger charge is 2.49. The van der Waals surface area contributed by atoms with E-state index in [0.29, 0.717) is 54.1 Å². The van der Waals surface area contributed by atoms with Crippen LogP contribution < -0.4 is 16.4 Å². The van der Waals surface area contributed by atoms with E-state index in [-0.39, 0.29) is 18.1 Å². The summed E-state index contributed by atoms with van der Waals surface area (Å²) in [6.07, 6.45) is 7.64. The molecule has 13 heteroatoms. The van der Waals surface area contributed by atoms with Gasteiger partial charge in [0.2, 0.25) is 5.13 Å². The number of sulfone groups is 1. The van der Waals surface area contributed by atoms with Crippen molar-refractivity contribution < 1.29 is 17.5 Å². The number of alkyl halides is 2. The number of hydrogen-bond donors (Lipinski definition) is 3. The highest BCUT2D eigenvalue weighted by atomic mass is 35.5. The Kier molecular flexibility index (Phi) is 9.74. The number of aromatic nitrogens is 2. The lowest BCUT2D eigenvalue weighted by atomic mass is 9.83. The van der Waals surface area contributed by atoms with Crippen molar-refractivity contribution in [3.8, 4) is 11.4 Å². The lowest BCUT2D eigenvalue weighted by molar-refractivity contribution is 0.00133. The molecule has 43 heavy (non-hydrogen) atoms. The topological polar surface area (TPSA) is 132 Å². The van der Waals surface area contributed by atoms with Crippen LogP contribution >= 0.6 is 22.9 Å². The molecule has 3 unspecified atom stereocenters. The summed E-state index contributed by atoms with van der Waals surface area (Å²) in [7, 11) is -3.01. The number of nitrogens with one attached hydrogen (secondary N) is 2. The quantitative estimate of drug-likeness (QED) is 0.180. The number of nitrogens with zero attached hydrogens (tertiary/aromatic N) is 3. The summed E-state index contributed by atoms with van der Waals surface area (Å²) < 4.78 is 45.6. The molecule has 9 nitrogen and oxygen atoms in total. The Balaban J connectivity index is 1.33. The summed E-state index contributed by atoms with van der Waals surface area (Å²) in [5.74, 6) is 0.330. The number of nitrogens with two attached hydrogens (primary N) is 1. The van der Waals surface area contributed by atoms with Crippen LogP contribution in [0.3, 0.4) is 0 Å². The minimum atomic E-state index is -3.01. The minimum Gasteiger partial charge on any atom is -0.364 e. The molecule has 0 saturated carbocycles. The molecule has 2 aromatic heterocycles. The Bertz CT molecular complexity index is 1630. The Hall–Kier alpha value is -3.00. The van der Waals surface area contributed by atoms with Crippen molar-refractivity contribution in [2.75, 3.05) is 29.9 Å². The molecule has 0 spiro atoms. The molecule has 2 aliphatic rings. The van der Waals surface area contributed by atoms with Crippen LogP contribution in [0.25, 0.3) is 11.4 Å². The van der Waals surface area contributed by atoms with E-state index in [9.17, 15) is 8.42 Å². The zero-order valence-electron chi connectivity index (χ0n) is 23.7.